The van der Waals surface area contributed by atoms with Gasteiger partial charge in [-0.25, -0.2) is 13.6 Å². The van der Waals surface area contributed by atoms with Gasteiger partial charge < -0.3 is 14.2 Å². The summed E-state index contributed by atoms with van der Waals surface area (Å²) in [5.74, 6) is -2.35. The zero-order valence-electron chi connectivity index (χ0n) is 22.8. The van der Waals surface area contributed by atoms with Crippen LogP contribution in [0.1, 0.15) is 58.6 Å². The predicted octanol–water partition coefficient (Wildman–Crippen LogP) is 5.78. The molecule has 1 atom stereocenters. The highest BCUT2D eigenvalue weighted by atomic mass is 35.5. The summed E-state index contributed by atoms with van der Waals surface area (Å²) >= 11 is 5.72. The van der Waals surface area contributed by atoms with Crippen LogP contribution in [0.5, 0.6) is 5.75 Å². The maximum absolute atomic E-state index is 15.2. The molecule has 13 heteroatoms. The van der Waals surface area contributed by atoms with Crippen molar-refractivity contribution >= 4 is 23.5 Å². The number of alkyl halides is 3. The molecule has 1 unspecified atom stereocenters. The first kappa shape index (κ1) is 30.5. The van der Waals surface area contributed by atoms with Crippen molar-refractivity contribution in [3.8, 4) is 5.75 Å². The lowest BCUT2D eigenvalue weighted by Gasteiger charge is -2.32. The molecule has 2 heterocycles. The summed E-state index contributed by atoms with van der Waals surface area (Å²) in [5.41, 5.74) is -0.541. The second-order valence-electron chi connectivity index (χ2n) is 10.9. The van der Waals surface area contributed by atoms with Gasteiger partial charge in [0.1, 0.15) is 24.1 Å². The van der Waals surface area contributed by atoms with E-state index in [1.54, 1.807) is 0 Å². The normalized spacial score (nSPS) is 20.2. The minimum Gasteiger partial charge on any atom is -0.493 e. The van der Waals surface area contributed by atoms with E-state index < -0.39 is 46.3 Å². The quantitative estimate of drug-likeness (QED) is 0.277. The lowest BCUT2D eigenvalue weighted by Crippen LogP contribution is -2.42. The molecule has 7 nitrogen and oxygen atoms in total. The Balaban J connectivity index is 1.21. The highest BCUT2D eigenvalue weighted by molar-refractivity contribution is 6.30. The summed E-state index contributed by atoms with van der Waals surface area (Å²) in [5, 5.41) is -0.563. The number of rotatable bonds is 8. The average Bonchev–Trinajstić information content (AvgIpc) is 3.68. The second kappa shape index (κ2) is 12.3. The van der Waals surface area contributed by atoms with Crippen LogP contribution in [0, 0.1) is 17.6 Å². The van der Waals surface area contributed by atoms with Gasteiger partial charge in [-0.2, -0.15) is 13.2 Å². The second-order valence-corrected chi connectivity index (χ2v) is 11.3. The van der Waals surface area contributed by atoms with E-state index in [1.807, 2.05) is 4.90 Å². The Bertz CT molecular complexity index is 1340. The summed E-state index contributed by atoms with van der Waals surface area (Å²) in [4.78, 5) is 28.2. The number of carbonyl (C=O) groups is 2. The molecule has 3 fully saturated rings. The van der Waals surface area contributed by atoms with Crippen LogP contribution in [0.3, 0.4) is 0 Å². The van der Waals surface area contributed by atoms with E-state index in [0.717, 1.165) is 29.4 Å². The third-order valence-electron chi connectivity index (χ3n) is 7.97. The van der Waals surface area contributed by atoms with Crippen LogP contribution in [0.2, 0.25) is 5.02 Å². The van der Waals surface area contributed by atoms with E-state index in [-0.39, 0.29) is 49.5 Å². The molecule has 5 rings (SSSR count). The number of esters is 1. The van der Waals surface area contributed by atoms with Gasteiger partial charge in [-0.3, -0.25) is 14.6 Å². The third-order valence-corrected chi connectivity index (χ3v) is 8.25. The Kier molecular flexibility index (Phi) is 8.96. The number of benzene rings is 2. The lowest BCUT2D eigenvalue weighted by atomic mass is 9.97. The number of methoxy groups -OCH3 is 1. The summed E-state index contributed by atoms with van der Waals surface area (Å²) in [6.07, 6.45) is -1.58. The fourth-order valence-electron chi connectivity index (χ4n) is 5.39. The van der Waals surface area contributed by atoms with Crippen molar-refractivity contribution in [1.29, 1.82) is 0 Å². The van der Waals surface area contributed by atoms with Gasteiger partial charge in [0.25, 0.3) is 5.91 Å². The van der Waals surface area contributed by atoms with E-state index in [2.05, 4.69) is 0 Å². The summed E-state index contributed by atoms with van der Waals surface area (Å²) in [7, 11) is 1.21. The first-order chi connectivity index (χ1) is 20.0. The molecule has 3 aliphatic rings. The van der Waals surface area contributed by atoms with Crippen molar-refractivity contribution in [2.45, 2.75) is 50.4 Å². The smallest absolute Gasteiger partial charge is 0.416 e. The molecule has 0 N–H and O–H groups in total. The van der Waals surface area contributed by atoms with Crippen molar-refractivity contribution in [2.24, 2.45) is 5.92 Å². The van der Waals surface area contributed by atoms with Gasteiger partial charge in [0.2, 0.25) is 0 Å². The molecule has 42 heavy (non-hydrogen) atoms. The molecule has 0 bridgehead atoms. The number of hydrogen-bond donors (Lipinski definition) is 0. The number of hydrogen-bond acceptors (Lipinski definition) is 6. The Labute approximate surface area is 244 Å². The summed E-state index contributed by atoms with van der Waals surface area (Å²) in [6.45, 7) is 1.12. The van der Waals surface area contributed by atoms with Crippen LogP contribution in [-0.2, 0) is 27.0 Å². The molecule has 228 valence electrons. The molecule has 1 aliphatic carbocycles. The van der Waals surface area contributed by atoms with Gasteiger partial charge in [0.05, 0.1) is 36.5 Å². The predicted molar refractivity (Wildman–Crippen MR) is 141 cm³/mol. The Morgan fingerprint density at radius 1 is 1.07 bits per heavy atom. The van der Waals surface area contributed by atoms with Crippen LogP contribution in [-0.4, -0.2) is 67.9 Å². The Morgan fingerprint density at radius 3 is 2.43 bits per heavy atom. The summed E-state index contributed by atoms with van der Waals surface area (Å²) < 4.78 is 85.2. The van der Waals surface area contributed by atoms with E-state index in [4.69, 9.17) is 25.8 Å². The fraction of sp³-hybridized carbons (Fsp3) is 0.517. The molecule has 2 saturated heterocycles. The van der Waals surface area contributed by atoms with Crippen molar-refractivity contribution in [3.05, 3.63) is 63.2 Å². The van der Waals surface area contributed by atoms with Gasteiger partial charge in [-0.15, -0.1) is 0 Å². The molecule has 0 radical (unpaired) electrons. The molecule has 2 aromatic rings. The zero-order valence-corrected chi connectivity index (χ0v) is 23.6. The number of likely N-dealkylation sites (tertiary alicyclic amines) is 1. The number of carbonyl (C=O) groups excluding carboxylic acids is 2. The topological polar surface area (TPSA) is 68.3 Å². The molecule has 1 saturated carbocycles. The standard InChI is InChI=1S/C29H30ClF5N2O5/c1-40-28(39)24-14-41-15-37(24)27(38)21-10-20(17-2-3-17)25(11-23(21)31)42-13-16-4-6-36(7-5-16)12-18-8-19(29(33,34)35)9-22(30)26(18)32/h8-11,16-17,24H,2-7,12-15H2,1H3. The summed E-state index contributed by atoms with van der Waals surface area (Å²) in [6, 6.07) is 3.14. The average molecular weight is 617 g/mol. The van der Waals surface area contributed by atoms with Gasteiger partial charge in [-0.05, 0) is 74.4 Å². The van der Waals surface area contributed by atoms with E-state index >= 15 is 4.39 Å². The van der Waals surface area contributed by atoms with Crippen molar-refractivity contribution in [1.82, 2.24) is 9.80 Å². The van der Waals surface area contributed by atoms with Gasteiger partial charge >= 0.3 is 12.1 Å². The molecule has 0 aromatic heterocycles. The van der Waals surface area contributed by atoms with Crippen LogP contribution < -0.4 is 4.74 Å². The highest BCUT2D eigenvalue weighted by Gasteiger charge is 2.39. The number of piperidine rings is 1. The molecule has 0 spiro atoms. The van der Waals surface area contributed by atoms with Gasteiger partial charge in [0.15, 0.2) is 6.04 Å². The Morgan fingerprint density at radius 2 is 1.79 bits per heavy atom. The van der Waals surface area contributed by atoms with Crippen molar-refractivity contribution in [3.63, 3.8) is 0 Å². The molecular formula is C29H30ClF5N2O5. The zero-order chi connectivity index (χ0) is 30.2. The highest BCUT2D eigenvalue weighted by Crippen LogP contribution is 2.45. The molecular weight excluding hydrogens is 587 g/mol. The van der Waals surface area contributed by atoms with E-state index in [9.17, 15) is 27.2 Å². The van der Waals surface area contributed by atoms with Crippen LogP contribution in [0.25, 0.3) is 0 Å². The van der Waals surface area contributed by atoms with E-state index in [0.29, 0.717) is 37.7 Å². The first-order valence-electron chi connectivity index (χ1n) is 13.7. The van der Waals surface area contributed by atoms with Crippen molar-refractivity contribution in [2.75, 3.05) is 40.1 Å². The minimum atomic E-state index is -4.63. The van der Waals surface area contributed by atoms with Crippen LogP contribution >= 0.6 is 11.6 Å². The maximum atomic E-state index is 15.2. The third kappa shape index (κ3) is 6.65. The fourth-order valence-corrected chi connectivity index (χ4v) is 5.63. The van der Waals surface area contributed by atoms with Crippen LogP contribution in [0.15, 0.2) is 24.3 Å². The largest absolute Gasteiger partial charge is 0.493 e. The van der Waals surface area contributed by atoms with E-state index in [1.165, 1.54) is 19.2 Å². The number of nitrogens with zero attached hydrogens (tertiary/aromatic N) is 2. The first-order valence-corrected chi connectivity index (χ1v) is 14.0. The minimum absolute atomic E-state index is 0.00548. The Hall–Kier alpha value is -2.96. The van der Waals surface area contributed by atoms with Gasteiger partial charge in [-0.1, -0.05) is 11.6 Å². The number of ether oxygens (including phenoxy) is 3. The number of amides is 1. The van der Waals surface area contributed by atoms with Gasteiger partial charge in [0, 0.05) is 18.2 Å². The van der Waals surface area contributed by atoms with Crippen molar-refractivity contribution < 1.29 is 45.8 Å². The molecule has 2 aliphatic heterocycles. The monoisotopic (exact) mass is 616 g/mol. The molecule has 1 amide bonds. The van der Waals surface area contributed by atoms with Crippen LogP contribution in [0.4, 0.5) is 22.0 Å². The molecule has 2 aromatic carbocycles. The number of halogens is 6. The lowest BCUT2D eigenvalue weighted by molar-refractivity contribution is -0.144. The maximum Gasteiger partial charge on any atom is 0.416 e. The SMILES string of the molecule is COC(=O)C1COCN1C(=O)c1cc(C2CC2)c(OCC2CCN(Cc3cc(C(F)(F)F)cc(Cl)c3F)CC2)cc1F.